The fraction of sp³-hybridized carbons (Fsp3) is 0.444. The zero-order valence-electron chi connectivity index (χ0n) is 9.71. The summed E-state index contributed by atoms with van der Waals surface area (Å²) in [6.07, 6.45) is 0. The van der Waals surface area contributed by atoms with Crippen molar-refractivity contribution in [2.75, 3.05) is 31.8 Å². The van der Waals surface area contributed by atoms with E-state index in [1.165, 1.54) is 23.9 Å². The lowest BCUT2D eigenvalue weighted by Gasteiger charge is -2.08. The number of nitrogen functional groups attached to an aromatic ring is 1. The van der Waals surface area contributed by atoms with Crippen LogP contribution in [0.5, 0.6) is 0 Å². The molecule has 1 aromatic heterocycles. The first-order chi connectivity index (χ1) is 8.02. The quantitative estimate of drug-likeness (QED) is 0.338. The molecule has 0 radical (unpaired) electrons. The van der Waals surface area contributed by atoms with Crippen molar-refractivity contribution in [2.45, 2.75) is 5.03 Å². The molecule has 0 aliphatic heterocycles. The summed E-state index contributed by atoms with van der Waals surface area (Å²) in [6, 6.07) is 2.75. The monoisotopic (exact) mass is 257 g/mol. The van der Waals surface area contributed by atoms with E-state index in [2.05, 4.69) is 10.4 Å². The van der Waals surface area contributed by atoms with Crippen LogP contribution in [-0.4, -0.2) is 41.2 Å². The molecule has 0 unspecified atom stereocenters. The van der Waals surface area contributed by atoms with Crippen molar-refractivity contribution in [3.05, 3.63) is 22.2 Å². The molecule has 0 fully saturated rings. The van der Waals surface area contributed by atoms with E-state index in [0.29, 0.717) is 10.8 Å². The van der Waals surface area contributed by atoms with Gasteiger partial charge >= 0.3 is 0 Å². The van der Waals surface area contributed by atoms with Crippen LogP contribution in [0.25, 0.3) is 0 Å². The first-order valence-electron chi connectivity index (χ1n) is 4.93. The summed E-state index contributed by atoms with van der Waals surface area (Å²) >= 11 is 1.46. The predicted octanol–water partition coefficient (Wildman–Crippen LogP) is 0.929. The van der Waals surface area contributed by atoms with Crippen LogP contribution in [0.2, 0.25) is 0 Å². The van der Waals surface area contributed by atoms with E-state index in [-0.39, 0.29) is 5.69 Å². The lowest BCUT2D eigenvalue weighted by atomic mass is 10.4. The number of thioether (sulfide) groups is 1. The van der Waals surface area contributed by atoms with Crippen LogP contribution in [-0.2, 0) is 0 Å². The minimum atomic E-state index is -0.460. The molecule has 0 amide bonds. The molecule has 1 heterocycles. The zero-order valence-corrected chi connectivity index (χ0v) is 10.5. The van der Waals surface area contributed by atoms with E-state index in [1.807, 2.05) is 19.0 Å². The number of nitrogens with zero attached hydrogens (tertiary/aromatic N) is 3. The van der Waals surface area contributed by atoms with Gasteiger partial charge in [0.2, 0.25) is 0 Å². The molecule has 7 nitrogen and oxygen atoms in total. The molecule has 0 saturated carbocycles. The number of nitrogens with two attached hydrogens (primary N) is 1. The Morgan fingerprint density at radius 3 is 2.82 bits per heavy atom. The number of pyridine rings is 1. The molecule has 17 heavy (non-hydrogen) atoms. The molecule has 0 aliphatic carbocycles. The van der Waals surface area contributed by atoms with Gasteiger partial charge in [-0.25, -0.2) is 10.8 Å². The maximum Gasteiger partial charge on any atom is 0.275 e. The molecule has 0 aliphatic rings. The van der Waals surface area contributed by atoms with Crippen molar-refractivity contribution in [1.82, 2.24) is 9.88 Å². The Morgan fingerprint density at radius 2 is 2.29 bits per heavy atom. The maximum atomic E-state index is 10.7. The highest BCUT2D eigenvalue weighted by molar-refractivity contribution is 7.99. The number of rotatable bonds is 6. The average Bonchev–Trinajstić information content (AvgIpc) is 2.28. The van der Waals surface area contributed by atoms with Gasteiger partial charge in [0.05, 0.1) is 11.0 Å². The summed E-state index contributed by atoms with van der Waals surface area (Å²) in [7, 11) is 3.93. The van der Waals surface area contributed by atoms with Gasteiger partial charge in [0.1, 0.15) is 10.8 Å². The van der Waals surface area contributed by atoms with Gasteiger partial charge in [-0.3, -0.25) is 10.1 Å². The predicted molar refractivity (Wildman–Crippen MR) is 68.0 cm³/mol. The van der Waals surface area contributed by atoms with E-state index in [1.54, 1.807) is 0 Å². The van der Waals surface area contributed by atoms with Crippen LogP contribution in [0.15, 0.2) is 17.2 Å². The Hall–Kier alpha value is -1.38. The topological polar surface area (TPSA) is 97.3 Å². The van der Waals surface area contributed by atoms with Gasteiger partial charge in [-0.2, -0.15) is 0 Å². The molecule has 0 bridgehead atoms. The molecule has 1 aromatic rings. The van der Waals surface area contributed by atoms with Crippen LogP contribution in [0.3, 0.4) is 0 Å². The van der Waals surface area contributed by atoms with E-state index in [0.717, 1.165) is 12.3 Å². The smallest absolute Gasteiger partial charge is 0.275 e. The first kappa shape index (κ1) is 13.7. The molecule has 0 aromatic carbocycles. The number of anilines is 1. The lowest BCUT2D eigenvalue weighted by molar-refractivity contribution is -0.385. The Balaban J connectivity index is 2.76. The number of nitrogens with one attached hydrogen (secondary N) is 1. The molecular formula is C9H15N5O2S. The molecule has 94 valence electrons. The van der Waals surface area contributed by atoms with Crippen LogP contribution < -0.4 is 11.3 Å². The van der Waals surface area contributed by atoms with Crippen molar-refractivity contribution in [1.29, 1.82) is 0 Å². The second-order valence-electron chi connectivity index (χ2n) is 3.60. The summed E-state index contributed by atoms with van der Waals surface area (Å²) in [5, 5.41) is 11.3. The summed E-state index contributed by atoms with van der Waals surface area (Å²) in [6.45, 7) is 0.875. The van der Waals surface area contributed by atoms with Gasteiger partial charge in [-0.1, -0.05) is 0 Å². The SMILES string of the molecule is CN(C)CCSc1cc([N+](=O)[O-])cc(NN)n1. The fourth-order valence-electron chi connectivity index (χ4n) is 1.08. The fourth-order valence-corrected chi connectivity index (χ4v) is 2.11. The van der Waals surface area contributed by atoms with Crippen molar-refractivity contribution in [3.63, 3.8) is 0 Å². The van der Waals surface area contributed by atoms with E-state index >= 15 is 0 Å². The lowest BCUT2D eigenvalue weighted by Crippen LogP contribution is -2.15. The first-order valence-corrected chi connectivity index (χ1v) is 5.92. The Bertz CT molecular complexity index is 399. The summed E-state index contributed by atoms with van der Waals surface area (Å²) in [5.41, 5.74) is 2.31. The molecular weight excluding hydrogens is 242 g/mol. The molecule has 3 N–H and O–H groups in total. The Kier molecular flexibility index (Phi) is 5.13. The van der Waals surface area contributed by atoms with Crippen molar-refractivity contribution in [3.8, 4) is 0 Å². The van der Waals surface area contributed by atoms with Gasteiger partial charge in [0.15, 0.2) is 0 Å². The molecule has 0 atom stereocenters. The molecule has 1 rings (SSSR count). The number of aromatic nitrogens is 1. The Labute approximate surface area is 104 Å². The van der Waals surface area contributed by atoms with Gasteiger partial charge in [0, 0.05) is 18.4 Å². The van der Waals surface area contributed by atoms with E-state index < -0.39 is 4.92 Å². The normalized spacial score (nSPS) is 10.6. The largest absolute Gasteiger partial charge is 0.309 e. The molecule has 0 saturated heterocycles. The van der Waals surface area contributed by atoms with Gasteiger partial charge in [-0.15, -0.1) is 11.8 Å². The van der Waals surface area contributed by atoms with Crippen molar-refractivity contribution in [2.24, 2.45) is 5.84 Å². The van der Waals surface area contributed by atoms with Gasteiger partial charge < -0.3 is 10.3 Å². The van der Waals surface area contributed by atoms with Crippen LogP contribution in [0, 0.1) is 10.1 Å². The van der Waals surface area contributed by atoms with Gasteiger partial charge in [-0.05, 0) is 14.1 Å². The summed E-state index contributed by atoms with van der Waals surface area (Å²) in [5.74, 6) is 6.32. The Morgan fingerprint density at radius 1 is 1.59 bits per heavy atom. The average molecular weight is 257 g/mol. The van der Waals surface area contributed by atoms with E-state index in [4.69, 9.17) is 5.84 Å². The highest BCUT2D eigenvalue weighted by Crippen LogP contribution is 2.23. The number of hydrazine groups is 1. The highest BCUT2D eigenvalue weighted by atomic mass is 32.2. The summed E-state index contributed by atoms with van der Waals surface area (Å²) in [4.78, 5) is 16.4. The maximum absolute atomic E-state index is 10.7. The van der Waals surface area contributed by atoms with Crippen molar-refractivity contribution < 1.29 is 4.92 Å². The third-order valence-electron chi connectivity index (χ3n) is 1.93. The van der Waals surface area contributed by atoms with Crippen LogP contribution >= 0.6 is 11.8 Å². The second-order valence-corrected chi connectivity index (χ2v) is 4.72. The third kappa shape index (κ3) is 4.55. The number of hydrogen-bond acceptors (Lipinski definition) is 7. The minimum absolute atomic E-state index is 0.0136. The van der Waals surface area contributed by atoms with Crippen molar-refractivity contribution >= 4 is 23.3 Å². The van der Waals surface area contributed by atoms with Crippen LogP contribution in [0.4, 0.5) is 11.5 Å². The minimum Gasteiger partial charge on any atom is -0.309 e. The third-order valence-corrected chi connectivity index (χ3v) is 2.83. The van der Waals surface area contributed by atoms with Crippen LogP contribution in [0.1, 0.15) is 0 Å². The molecule has 0 spiro atoms. The zero-order chi connectivity index (χ0) is 12.8. The summed E-state index contributed by atoms with van der Waals surface area (Å²) < 4.78 is 0. The molecule has 8 heteroatoms. The number of hydrogen-bond donors (Lipinski definition) is 2. The van der Waals surface area contributed by atoms with Gasteiger partial charge in [0.25, 0.3) is 5.69 Å². The number of nitro groups is 1. The van der Waals surface area contributed by atoms with E-state index in [9.17, 15) is 10.1 Å². The second kappa shape index (κ2) is 6.38. The standard InChI is InChI=1S/C9H15N5O2S/c1-13(2)3-4-17-9-6-7(14(15)16)5-8(11-9)12-10/h5-6H,3-4,10H2,1-2H3,(H,11,12). The highest BCUT2D eigenvalue weighted by Gasteiger charge is 2.11.